The summed E-state index contributed by atoms with van der Waals surface area (Å²) in [6.45, 7) is 0. The molecule has 3 aromatic rings. The zero-order valence-electron chi connectivity index (χ0n) is 11.9. The van der Waals surface area contributed by atoms with Crippen molar-refractivity contribution < 1.29 is 0 Å². The van der Waals surface area contributed by atoms with E-state index in [1.165, 1.54) is 60.3 Å². The fourth-order valence-electron chi connectivity index (χ4n) is 3.83. The van der Waals surface area contributed by atoms with E-state index < -0.39 is 0 Å². The second kappa shape index (κ2) is 4.97. The van der Waals surface area contributed by atoms with Crippen molar-refractivity contribution in [2.45, 2.75) is 44.4 Å². The van der Waals surface area contributed by atoms with Crippen LogP contribution in [0.15, 0.2) is 42.5 Å². The molecule has 0 spiro atoms. The van der Waals surface area contributed by atoms with Crippen molar-refractivity contribution in [2.24, 2.45) is 0 Å². The molecule has 4 rings (SSSR count). The molecule has 1 heteroatoms. The summed E-state index contributed by atoms with van der Waals surface area (Å²) in [6, 6.07) is 15.5. The number of nitrogens with one attached hydrogen (secondary N) is 1. The molecule has 1 aromatic heterocycles. The number of aromatic amines is 1. The zero-order valence-corrected chi connectivity index (χ0v) is 11.9. The second-order valence-corrected chi connectivity index (χ2v) is 6.13. The van der Waals surface area contributed by atoms with Gasteiger partial charge in [0.25, 0.3) is 0 Å². The van der Waals surface area contributed by atoms with Crippen LogP contribution in [0.4, 0.5) is 0 Å². The molecule has 1 saturated carbocycles. The van der Waals surface area contributed by atoms with Gasteiger partial charge in [-0.1, -0.05) is 62.1 Å². The Balaban J connectivity index is 1.90. The van der Waals surface area contributed by atoms with E-state index in [0.29, 0.717) is 0 Å². The molecule has 0 atom stereocenters. The maximum atomic E-state index is 3.66. The number of benzene rings is 2. The monoisotopic (exact) mass is 263 g/mol. The van der Waals surface area contributed by atoms with Crippen LogP contribution in [0.1, 0.15) is 50.0 Å². The Hall–Kier alpha value is -1.76. The number of rotatable bonds is 1. The molecule has 1 aliphatic carbocycles. The van der Waals surface area contributed by atoms with E-state index in [4.69, 9.17) is 0 Å². The molecule has 1 aliphatic rings. The summed E-state index contributed by atoms with van der Waals surface area (Å²) in [5, 5.41) is 2.75. The van der Waals surface area contributed by atoms with Gasteiger partial charge in [-0.15, -0.1) is 0 Å². The van der Waals surface area contributed by atoms with Gasteiger partial charge in [0.2, 0.25) is 0 Å². The van der Waals surface area contributed by atoms with Crippen molar-refractivity contribution in [3.05, 3.63) is 48.0 Å². The molecular weight excluding hydrogens is 242 g/mol. The molecule has 102 valence electrons. The third-order valence-corrected chi connectivity index (χ3v) is 4.87. The Morgan fingerprint density at radius 1 is 0.750 bits per heavy atom. The van der Waals surface area contributed by atoms with E-state index in [2.05, 4.69) is 47.4 Å². The molecule has 0 amide bonds. The summed E-state index contributed by atoms with van der Waals surface area (Å²) < 4.78 is 0. The first-order valence-corrected chi connectivity index (χ1v) is 7.93. The Morgan fingerprint density at radius 3 is 2.35 bits per heavy atom. The van der Waals surface area contributed by atoms with Gasteiger partial charge in [0.05, 0.1) is 0 Å². The molecule has 0 unspecified atom stereocenters. The van der Waals surface area contributed by atoms with Crippen LogP contribution >= 0.6 is 0 Å². The van der Waals surface area contributed by atoms with E-state index >= 15 is 0 Å². The minimum atomic E-state index is 0.745. The van der Waals surface area contributed by atoms with Crippen molar-refractivity contribution in [2.75, 3.05) is 0 Å². The number of fused-ring (bicyclic) bond motifs is 3. The maximum absolute atomic E-state index is 3.66. The maximum Gasteiger partial charge on any atom is 0.0500 e. The normalized spacial score (nSPS) is 17.6. The quantitative estimate of drug-likeness (QED) is 0.537. The molecule has 1 fully saturated rings. The molecule has 0 radical (unpaired) electrons. The summed E-state index contributed by atoms with van der Waals surface area (Å²) >= 11 is 0. The van der Waals surface area contributed by atoms with Crippen LogP contribution in [0, 0.1) is 0 Å². The van der Waals surface area contributed by atoms with Gasteiger partial charge in [-0.2, -0.15) is 0 Å². The highest BCUT2D eigenvalue weighted by Gasteiger charge is 2.18. The van der Waals surface area contributed by atoms with Gasteiger partial charge in [0, 0.05) is 21.8 Å². The summed E-state index contributed by atoms with van der Waals surface area (Å²) in [6.07, 6.45) is 8.32. The van der Waals surface area contributed by atoms with Crippen molar-refractivity contribution in [3.63, 3.8) is 0 Å². The molecule has 0 bridgehead atoms. The summed E-state index contributed by atoms with van der Waals surface area (Å²) in [5.41, 5.74) is 4.18. The lowest BCUT2D eigenvalue weighted by atomic mass is 9.90. The Bertz CT molecular complexity index is 730. The van der Waals surface area contributed by atoms with Crippen LogP contribution in [0.3, 0.4) is 0 Å². The first-order valence-electron chi connectivity index (χ1n) is 7.93. The van der Waals surface area contributed by atoms with Crippen LogP contribution in [0.2, 0.25) is 0 Å². The van der Waals surface area contributed by atoms with E-state index in [-0.39, 0.29) is 0 Å². The topological polar surface area (TPSA) is 15.8 Å². The van der Waals surface area contributed by atoms with E-state index in [0.717, 1.165) is 5.92 Å². The molecule has 2 aromatic carbocycles. The summed E-state index contributed by atoms with van der Waals surface area (Å²) in [5.74, 6) is 0.745. The molecule has 1 N–H and O–H groups in total. The minimum absolute atomic E-state index is 0.745. The van der Waals surface area contributed by atoms with Crippen molar-refractivity contribution in [1.82, 2.24) is 4.98 Å². The molecule has 1 heterocycles. The lowest BCUT2D eigenvalue weighted by Crippen LogP contribution is -1.98. The van der Waals surface area contributed by atoms with Gasteiger partial charge in [-0.05, 0) is 30.4 Å². The average Bonchev–Trinajstić information content (AvgIpc) is 2.68. The smallest absolute Gasteiger partial charge is 0.0500 e. The number of para-hydroxylation sites is 2. The summed E-state index contributed by atoms with van der Waals surface area (Å²) in [4.78, 5) is 3.66. The number of hydrogen-bond acceptors (Lipinski definition) is 0. The SMILES string of the molecule is c1ccc2c(c1)[nH]c1c(C3CCCCCC3)cccc12. The van der Waals surface area contributed by atoms with E-state index in [1.807, 2.05) is 0 Å². The average molecular weight is 263 g/mol. The van der Waals surface area contributed by atoms with Crippen LogP contribution in [0.5, 0.6) is 0 Å². The molecule has 0 saturated heterocycles. The minimum Gasteiger partial charge on any atom is -0.354 e. The van der Waals surface area contributed by atoms with Gasteiger partial charge < -0.3 is 4.98 Å². The van der Waals surface area contributed by atoms with Crippen molar-refractivity contribution in [1.29, 1.82) is 0 Å². The van der Waals surface area contributed by atoms with Crippen molar-refractivity contribution in [3.8, 4) is 0 Å². The van der Waals surface area contributed by atoms with Crippen LogP contribution in [0.25, 0.3) is 21.8 Å². The fourth-order valence-corrected chi connectivity index (χ4v) is 3.83. The predicted octanol–water partition coefficient (Wildman–Crippen LogP) is 5.76. The van der Waals surface area contributed by atoms with E-state index in [1.54, 1.807) is 5.56 Å². The molecular formula is C19H21N. The molecule has 20 heavy (non-hydrogen) atoms. The molecule has 1 nitrogen and oxygen atoms in total. The predicted molar refractivity (Wildman–Crippen MR) is 86.2 cm³/mol. The Kier molecular flexibility index (Phi) is 2.99. The Labute approximate surface area is 120 Å². The third kappa shape index (κ3) is 1.93. The van der Waals surface area contributed by atoms with Crippen molar-refractivity contribution >= 4 is 21.8 Å². The highest BCUT2D eigenvalue weighted by atomic mass is 14.7. The van der Waals surface area contributed by atoms with Crippen LogP contribution in [-0.4, -0.2) is 4.98 Å². The van der Waals surface area contributed by atoms with Gasteiger partial charge in [-0.25, -0.2) is 0 Å². The van der Waals surface area contributed by atoms with Crippen LogP contribution < -0.4 is 0 Å². The largest absolute Gasteiger partial charge is 0.354 e. The molecule has 0 aliphatic heterocycles. The lowest BCUT2D eigenvalue weighted by Gasteiger charge is -2.15. The summed E-state index contributed by atoms with van der Waals surface area (Å²) in [7, 11) is 0. The lowest BCUT2D eigenvalue weighted by molar-refractivity contribution is 0.596. The fraction of sp³-hybridized carbons (Fsp3) is 0.368. The first kappa shape index (κ1) is 12.0. The van der Waals surface area contributed by atoms with Crippen LogP contribution in [-0.2, 0) is 0 Å². The van der Waals surface area contributed by atoms with Gasteiger partial charge in [0.1, 0.15) is 0 Å². The zero-order chi connectivity index (χ0) is 13.4. The first-order chi connectivity index (χ1) is 9.93. The standard InChI is InChI=1S/C19H21N/c1-2-4-9-14(8-3-1)15-11-7-12-17-16-10-5-6-13-18(16)20-19(15)17/h5-7,10-14,20H,1-4,8-9H2. The van der Waals surface area contributed by atoms with E-state index in [9.17, 15) is 0 Å². The highest BCUT2D eigenvalue weighted by molar-refractivity contribution is 6.08. The number of aromatic nitrogens is 1. The number of hydrogen-bond donors (Lipinski definition) is 1. The highest BCUT2D eigenvalue weighted by Crippen LogP contribution is 2.37. The Morgan fingerprint density at radius 2 is 1.50 bits per heavy atom. The van der Waals surface area contributed by atoms with Gasteiger partial charge >= 0.3 is 0 Å². The second-order valence-electron chi connectivity index (χ2n) is 6.13. The number of H-pyrrole nitrogens is 1. The van der Waals surface area contributed by atoms with Gasteiger partial charge in [0.15, 0.2) is 0 Å². The van der Waals surface area contributed by atoms with Gasteiger partial charge in [-0.3, -0.25) is 0 Å². The third-order valence-electron chi connectivity index (χ3n) is 4.87.